The second-order valence-electron chi connectivity index (χ2n) is 11.5. The molecule has 0 aromatic carbocycles. The third kappa shape index (κ3) is 6.78. The van der Waals surface area contributed by atoms with Crippen molar-refractivity contribution < 1.29 is 18.8 Å². The van der Waals surface area contributed by atoms with E-state index in [4.69, 9.17) is 9.47 Å². The Morgan fingerprint density at radius 3 is 2.31 bits per heavy atom. The molecule has 1 amide bonds. The van der Waals surface area contributed by atoms with E-state index in [0.717, 1.165) is 96.1 Å². The molecule has 35 heavy (non-hydrogen) atoms. The molecule has 0 aliphatic carbocycles. The SMILES string of the molecule is C=C(OC1CC(C)[N+]2(CCCC2)C(CCC)C1)[C]([Pb])([Pb])OC(=O)N1CCC(N2CCCCC2)CC1. The molecule has 194 valence electrons. The molecule has 6 nitrogen and oxygen atoms in total. The first-order valence-electron chi connectivity index (χ1n) is 14.2. The molecular weight excluding hydrogens is 829 g/mol. The summed E-state index contributed by atoms with van der Waals surface area (Å²) in [7, 11) is 0. The Kier molecular flexibility index (Phi) is 10.3. The van der Waals surface area contributed by atoms with Crippen LogP contribution in [0.25, 0.3) is 0 Å². The van der Waals surface area contributed by atoms with Gasteiger partial charge in [-0.3, -0.25) is 0 Å². The number of quaternary nitrogens is 1. The van der Waals surface area contributed by atoms with Crippen LogP contribution in [0.15, 0.2) is 12.3 Å². The van der Waals surface area contributed by atoms with E-state index in [0.29, 0.717) is 18.1 Å². The van der Waals surface area contributed by atoms with E-state index >= 15 is 0 Å². The quantitative estimate of drug-likeness (QED) is 0.221. The predicted octanol–water partition coefficient (Wildman–Crippen LogP) is 3.92. The number of carbonyl (C=O) groups excluding carboxylic acids is 1. The first kappa shape index (κ1) is 28.6. The van der Waals surface area contributed by atoms with Crippen LogP contribution >= 0.6 is 0 Å². The fraction of sp³-hybridized carbons (Fsp3) is 0.889. The number of nitrogens with zero attached hydrogens (tertiary/aromatic N) is 3. The van der Waals surface area contributed by atoms with E-state index in [1.807, 2.05) is 4.90 Å². The third-order valence-electron chi connectivity index (χ3n) is 9.34. The topological polar surface area (TPSA) is 42.0 Å². The van der Waals surface area contributed by atoms with Crippen LogP contribution in [0.1, 0.15) is 84.5 Å². The van der Waals surface area contributed by atoms with Crippen molar-refractivity contribution >= 4 is 57.6 Å². The number of likely N-dealkylation sites (tertiary alicyclic amines) is 2. The fourth-order valence-corrected chi connectivity index (χ4v) is 8.47. The van der Waals surface area contributed by atoms with Crippen molar-refractivity contribution in [2.45, 2.75) is 109 Å². The Balaban J connectivity index is 1.27. The minimum atomic E-state index is -0.554. The monoisotopic (exact) mass is 876 g/mol. The second kappa shape index (κ2) is 12.6. The standard InChI is InChI=1S/C27H46N3O3.2Pb/c1-4-10-25-20-26(19-22(2)30(25)17-8-9-18-30)33-23(3)21-32-27(31)29-15-11-24(12-16-29)28-13-6-5-7-14-28;;/h22,24-26H,3-20H2,1-2H3;;/q+1;;. The van der Waals surface area contributed by atoms with Crippen molar-refractivity contribution in [3.63, 3.8) is 0 Å². The Morgan fingerprint density at radius 2 is 1.69 bits per heavy atom. The number of carbonyl (C=O) groups is 1. The van der Waals surface area contributed by atoms with E-state index in [1.165, 1.54) is 75.6 Å². The number of hydrogen-bond donors (Lipinski definition) is 0. The van der Waals surface area contributed by atoms with Gasteiger partial charge in [-0.05, 0) is 0 Å². The van der Waals surface area contributed by atoms with Crippen molar-refractivity contribution in [1.29, 1.82) is 0 Å². The normalized spacial score (nSPS) is 30.4. The van der Waals surface area contributed by atoms with E-state index in [2.05, 4.69) is 25.3 Å². The van der Waals surface area contributed by atoms with Crippen molar-refractivity contribution in [1.82, 2.24) is 9.80 Å². The van der Waals surface area contributed by atoms with Crippen molar-refractivity contribution in [3.05, 3.63) is 12.3 Å². The number of amides is 1. The molecule has 4 heterocycles. The summed E-state index contributed by atoms with van der Waals surface area (Å²) in [5.41, 5.74) is 0. The van der Waals surface area contributed by atoms with Gasteiger partial charge < -0.3 is 0 Å². The molecule has 0 aromatic rings. The molecule has 6 radical (unpaired) electrons. The Labute approximate surface area is 245 Å². The first-order chi connectivity index (χ1) is 16.7. The molecule has 8 heteroatoms. The van der Waals surface area contributed by atoms with Gasteiger partial charge >= 0.3 is 247 Å². The Hall–Kier alpha value is 0.574. The zero-order valence-electron chi connectivity index (χ0n) is 22.1. The Morgan fingerprint density at radius 1 is 1.03 bits per heavy atom. The zero-order chi connectivity index (χ0) is 25.1. The van der Waals surface area contributed by atoms with Crippen molar-refractivity contribution in [3.8, 4) is 0 Å². The molecule has 4 aliphatic rings. The van der Waals surface area contributed by atoms with Crippen molar-refractivity contribution in [2.24, 2.45) is 0 Å². The van der Waals surface area contributed by atoms with Gasteiger partial charge in [0.15, 0.2) is 0 Å². The molecular formula is C27H46N3O3Pb2+. The maximum absolute atomic E-state index is 13.1. The molecule has 0 aromatic heterocycles. The minimum absolute atomic E-state index is 0.153. The van der Waals surface area contributed by atoms with Crippen molar-refractivity contribution in [2.75, 3.05) is 39.3 Å². The maximum atomic E-state index is 13.1. The summed E-state index contributed by atoms with van der Waals surface area (Å²) in [6, 6.07) is 1.98. The number of hydrogen-bond acceptors (Lipinski definition) is 4. The van der Waals surface area contributed by atoms with Gasteiger partial charge in [0.05, 0.1) is 0 Å². The summed E-state index contributed by atoms with van der Waals surface area (Å²) in [5, 5.41) is 0. The third-order valence-corrected chi connectivity index (χ3v) is 12.3. The van der Waals surface area contributed by atoms with Gasteiger partial charge in [0, 0.05) is 0 Å². The van der Waals surface area contributed by atoms with Gasteiger partial charge in [0.2, 0.25) is 0 Å². The van der Waals surface area contributed by atoms with Crippen LogP contribution in [0.4, 0.5) is 4.79 Å². The van der Waals surface area contributed by atoms with Crippen LogP contribution in [0, 0.1) is 0 Å². The van der Waals surface area contributed by atoms with Gasteiger partial charge in [0.25, 0.3) is 0 Å². The Bertz CT molecular complexity index is 729. The number of rotatable bonds is 7. The average molecular weight is 875 g/mol. The number of piperidine rings is 3. The summed E-state index contributed by atoms with van der Waals surface area (Å²) in [4.78, 5) is 17.7. The van der Waals surface area contributed by atoms with E-state index in [1.54, 1.807) is 0 Å². The van der Waals surface area contributed by atoms with Gasteiger partial charge in [-0.15, -0.1) is 0 Å². The van der Waals surface area contributed by atoms with Gasteiger partial charge in [-0.1, -0.05) is 0 Å². The van der Waals surface area contributed by atoms with Crippen LogP contribution in [0.5, 0.6) is 0 Å². The van der Waals surface area contributed by atoms with Gasteiger partial charge in [0.1, 0.15) is 0 Å². The van der Waals surface area contributed by atoms with Crippen LogP contribution in [-0.4, -0.2) is 136 Å². The second-order valence-corrected chi connectivity index (χ2v) is 24.6. The van der Waals surface area contributed by atoms with Crippen LogP contribution < -0.4 is 0 Å². The molecule has 3 unspecified atom stereocenters. The predicted molar refractivity (Wildman–Crippen MR) is 141 cm³/mol. The molecule has 4 saturated heterocycles. The number of ether oxygens (including phenoxy) is 2. The van der Waals surface area contributed by atoms with E-state index in [9.17, 15) is 4.79 Å². The summed E-state index contributed by atoms with van der Waals surface area (Å²) in [6.07, 6.45) is 13.7. The fourth-order valence-electron chi connectivity index (χ4n) is 7.33. The van der Waals surface area contributed by atoms with E-state index < -0.39 is 0.720 Å². The van der Waals surface area contributed by atoms with Gasteiger partial charge in [-0.2, -0.15) is 0 Å². The molecule has 4 rings (SSSR count). The summed E-state index contributed by atoms with van der Waals surface area (Å²) < 4.78 is 13.4. The molecule has 4 fully saturated rings. The molecule has 3 atom stereocenters. The van der Waals surface area contributed by atoms with E-state index in [-0.39, 0.29) is 12.2 Å². The van der Waals surface area contributed by atoms with Crippen LogP contribution in [0.3, 0.4) is 0 Å². The molecule has 4 aliphatic heterocycles. The molecule has 1 spiro atoms. The molecule has 0 bridgehead atoms. The molecule has 0 saturated carbocycles. The summed E-state index contributed by atoms with van der Waals surface area (Å²) in [5.74, 6) is 0.717. The zero-order valence-corrected chi connectivity index (χ0v) is 29.9. The summed E-state index contributed by atoms with van der Waals surface area (Å²) >= 11 is 1.46. The van der Waals surface area contributed by atoms with Crippen LogP contribution in [-0.2, 0) is 9.47 Å². The summed E-state index contributed by atoms with van der Waals surface area (Å²) in [6.45, 7) is 15.8. The van der Waals surface area contributed by atoms with Crippen LogP contribution in [0.2, 0.25) is 0 Å². The first-order valence-corrected chi connectivity index (χ1v) is 18.1. The molecule has 0 N–H and O–H groups in total. The van der Waals surface area contributed by atoms with Gasteiger partial charge in [-0.25, -0.2) is 0 Å². The average Bonchev–Trinajstić information content (AvgIpc) is 3.34.